The summed E-state index contributed by atoms with van der Waals surface area (Å²) in [4.78, 5) is 51.3. The summed E-state index contributed by atoms with van der Waals surface area (Å²) in [6.45, 7) is 10.3. The molecule has 1 saturated carbocycles. The van der Waals surface area contributed by atoms with Gasteiger partial charge in [0.25, 0.3) is 0 Å². The van der Waals surface area contributed by atoms with Crippen molar-refractivity contribution >= 4 is 34.5 Å². The fraction of sp³-hybridized carbons (Fsp3) is 0.556. The lowest BCUT2D eigenvalue weighted by Crippen LogP contribution is -2.40. The first-order chi connectivity index (χ1) is 17.3. The smallest absolute Gasteiger partial charge is 0.341 e. The third-order valence-electron chi connectivity index (χ3n) is 7.11. The van der Waals surface area contributed by atoms with Gasteiger partial charge in [-0.15, -0.1) is 0 Å². The Balaban J connectivity index is 1.84. The second kappa shape index (κ2) is 9.79. The van der Waals surface area contributed by atoms with Gasteiger partial charge in [0.15, 0.2) is 12.2 Å². The van der Waals surface area contributed by atoms with Gasteiger partial charge in [-0.05, 0) is 38.3 Å². The lowest BCUT2D eigenvalue weighted by atomic mass is 10.0. The van der Waals surface area contributed by atoms with E-state index >= 15 is 4.39 Å². The Bertz CT molecular complexity index is 1330. The third kappa shape index (κ3) is 4.81. The number of nitrogens with zero attached hydrogens (tertiary/aromatic N) is 2. The molecule has 1 N–H and O–H groups in total. The first-order valence-electron chi connectivity index (χ1n) is 12.6. The standard InChI is InChI=1S/C27H33FN2O7/c1-12(2)26(34)36-20-11-29(15(6)24(20)37-27(35)13(3)4)22-14(5)21-17(9-19(22)28)23(31)18(25(32)33)10-30(21)16-7-8-16/h9-10,12-13,15-16,20,24H,7-8,11H2,1-6H3,(H,32,33). The number of pyridine rings is 1. The molecule has 2 heterocycles. The second-order valence-electron chi connectivity index (χ2n) is 10.6. The van der Waals surface area contributed by atoms with E-state index in [4.69, 9.17) is 9.47 Å². The highest BCUT2D eigenvalue weighted by atomic mass is 19.1. The van der Waals surface area contributed by atoms with Gasteiger partial charge in [0.1, 0.15) is 11.4 Å². The lowest BCUT2D eigenvalue weighted by Gasteiger charge is -2.29. The van der Waals surface area contributed by atoms with Gasteiger partial charge >= 0.3 is 17.9 Å². The van der Waals surface area contributed by atoms with Crippen molar-refractivity contribution in [2.24, 2.45) is 11.8 Å². The van der Waals surface area contributed by atoms with Gasteiger partial charge in [-0.3, -0.25) is 14.4 Å². The number of hydrogen-bond acceptors (Lipinski definition) is 7. The molecule has 3 unspecified atom stereocenters. The Hall–Kier alpha value is -3.43. The summed E-state index contributed by atoms with van der Waals surface area (Å²) >= 11 is 0. The number of anilines is 1. The van der Waals surface area contributed by atoms with E-state index in [9.17, 15) is 24.3 Å². The molecule has 10 heteroatoms. The highest BCUT2D eigenvalue weighted by Gasteiger charge is 2.46. The molecule has 0 bridgehead atoms. The highest BCUT2D eigenvalue weighted by molar-refractivity contribution is 5.95. The molecule has 0 spiro atoms. The van der Waals surface area contributed by atoms with E-state index in [1.54, 1.807) is 51.0 Å². The first kappa shape index (κ1) is 26.6. The van der Waals surface area contributed by atoms with E-state index in [-0.39, 0.29) is 23.7 Å². The molecule has 9 nitrogen and oxygen atoms in total. The Morgan fingerprint density at radius 2 is 1.68 bits per heavy atom. The number of carbonyl (C=O) groups excluding carboxylic acids is 2. The van der Waals surface area contributed by atoms with Gasteiger partial charge in [0, 0.05) is 17.6 Å². The number of halogens is 1. The largest absolute Gasteiger partial charge is 0.477 e. The van der Waals surface area contributed by atoms with E-state index < -0.39 is 64.8 Å². The lowest BCUT2D eigenvalue weighted by molar-refractivity contribution is -0.169. The van der Waals surface area contributed by atoms with Gasteiger partial charge in [-0.25, -0.2) is 9.18 Å². The van der Waals surface area contributed by atoms with Crippen molar-refractivity contribution in [1.82, 2.24) is 4.57 Å². The number of esters is 2. The first-order valence-corrected chi connectivity index (χ1v) is 12.6. The molecule has 1 aromatic heterocycles. The van der Waals surface area contributed by atoms with Crippen molar-refractivity contribution in [3.63, 3.8) is 0 Å². The topological polar surface area (TPSA) is 115 Å². The van der Waals surface area contributed by atoms with Crippen LogP contribution in [0.25, 0.3) is 10.9 Å². The quantitative estimate of drug-likeness (QED) is 0.553. The molecule has 2 aliphatic rings. The van der Waals surface area contributed by atoms with Crippen molar-refractivity contribution < 1.29 is 33.4 Å². The predicted molar refractivity (Wildman–Crippen MR) is 134 cm³/mol. The van der Waals surface area contributed by atoms with Gasteiger partial charge in [0.05, 0.1) is 35.6 Å². The zero-order valence-electron chi connectivity index (χ0n) is 21.9. The van der Waals surface area contributed by atoms with Crippen LogP contribution >= 0.6 is 0 Å². The van der Waals surface area contributed by atoms with Crippen molar-refractivity contribution in [3.8, 4) is 0 Å². The SMILES string of the molecule is Cc1c(N2CC(OC(=O)C(C)C)C(OC(=O)C(C)C)C2C)c(F)cc2c(=O)c(C(=O)O)cn(C3CC3)c12. The zero-order chi connectivity index (χ0) is 27.3. The normalized spacial score (nSPS) is 21.6. The molecule has 200 valence electrons. The van der Waals surface area contributed by atoms with Gasteiger partial charge in [-0.1, -0.05) is 27.7 Å². The van der Waals surface area contributed by atoms with Crippen LogP contribution in [0.4, 0.5) is 10.1 Å². The van der Waals surface area contributed by atoms with Crippen LogP contribution in [-0.4, -0.2) is 52.4 Å². The summed E-state index contributed by atoms with van der Waals surface area (Å²) in [6, 6.07) is 0.562. The van der Waals surface area contributed by atoms with Crippen LogP contribution in [0.1, 0.15) is 69.4 Å². The Kier molecular flexibility index (Phi) is 7.05. The second-order valence-corrected chi connectivity index (χ2v) is 10.6. The summed E-state index contributed by atoms with van der Waals surface area (Å²) < 4.78 is 28.9. The summed E-state index contributed by atoms with van der Waals surface area (Å²) in [5, 5.41) is 9.54. The summed E-state index contributed by atoms with van der Waals surface area (Å²) in [7, 11) is 0. The molecule has 1 aliphatic carbocycles. The summed E-state index contributed by atoms with van der Waals surface area (Å²) in [6.07, 6.45) is 1.34. The van der Waals surface area contributed by atoms with Crippen molar-refractivity contribution in [2.45, 2.75) is 78.7 Å². The zero-order valence-corrected chi connectivity index (χ0v) is 21.9. The minimum atomic E-state index is -1.36. The van der Waals surface area contributed by atoms with E-state index in [1.165, 1.54) is 6.20 Å². The molecule has 3 atom stereocenters. The maximum atomic E-state index is 15.7. The minimum Gasteiger partial charge on any atom is -0.477 e. The maximum absolute atomic E-state index is 15.7. The van der Waals surface area contributed by atoms with E-state index in [1.807, 2.05) is 0 Å². The van der Waals surface area contributed by atoms with Crippen LogP contribution < -0.4 is 10.3 Å². The van der Waals surface area contributed by atoms with Crippen LogP contribution in [0, 0.1) is 24.6 Å². The number of hydrogen-bond donors (Lipinski definition) is 1. The monoisotopic (exact) mass is 516 g/mol. The molecule has 2 fully saturated rings. The van der Waals surface area contributed by atoms with E-state index in [0.717, 1.165) is 18.9 Å². The molecule has 1 aromatic carbocycles. The van der Waals surface area contributed by atoms with Crippen molar-refractivity contribution in [2.75, 3.05) is 11.4 Å². The summed E-state index contributed by atoms with van der Waals surface area (Å²) in [5.74, 6) is -3.78. The Morgan fingerprint density at radius 3 is 2.22 bits per heavy atom. The van der Waals surface area contributed by atoms with Crippen LogP contribution in [0.5, 0.6) is 0 Å². The number of carbonyl (C=O) groups is 3. The molecular formula is C27H33FN2O7. The molecule has 0 radical (unpaired) electrons. The van der Waals surface area contributed by atoms with Crippen LogP contribution in [0.15, 0.2) is 17.1 Å². The summed E-state index contributed by atoms with van der Waals surface area (Å²) in [5.41, 5.74) is -0.00528. The number of ether oxygens (including phenoxy) is 2. The van der Waals surface area contributed by atoms with Crippen LogP contribution in [0.2, 0.25) is 0 Å². The van der Waals surface area contributed by atoms with E-state index in [0.29, 0.717) is 11.1 Å². The molecular weight excluding hydrogens is 483 g/mol. The number of rotatable bonds is 7. The number of aryl methyl sites for hydroxylation is 1. The minimum absolute atomic E-state index is 0.00275. The molecule has 4 rings (SSSR count). The maximum Gasteiger partial charge on any atom is 0.341 e. The molecule has 1 saturated heterocycles. The van der Waals surface area contributed by atoms with Gasteiger partial charge in [-0.2, -0.15) is 0 Å². The Morgan fingerprint density at radius 1 is 1.08 bits per heavy atom. The molecule has 1 aliphatic heterocycles. The number of benzene rings is 1. The Labute approximate surface area is 214 Å². The number of fused-ring (bicyclic) bond motifs is 1. The van der Waals surface area contributed by atoms with Crippen LogP contribution in [-0.2, 0) is 19.1 Å². The van der Waals surface area contributed by atoms with E-state index in [2.05, 4.69) is 0 Å². The fourth-order valence-corrected chi connectivity index (χ4v) is 4.90. The number of aromatic nitrogens is 1. The molecule has 0 amide bonds. The van der Waals surface area contributed by atoms with Crippen molar-refractivity contribution in [3.05, 3.63) is 39.4 Å². The number of aromatic carboxylic acids is 1. The van der Waals surface area contributed by atoms with Crippen molar-refractivity contribution in [1.29, 1.82) is 0 Å². The number of carboxylic acid groups (broad SMARTS) is 1. The molecule has 2 aromatic rings. The third-order valence-corrected chi connectivity index (χ3v) is 7.11. The highest BCUT2D eigenvalue weighted by Crippen LogP contribution is 2.41. The van der Waals surface area contributed by atoms with Crippen LogP contribution in [0.3, 0.4) is 0 Å². The average molecular weight is 517 g/mol. The van der Waals surface area contributed by atoms with Gasteiger partial charge < -0.3 is 24.0 Å². The van der Waals surface area contributed by atoms with Gasteiger partial charge in [0.2, 0.25) is 5.43 Å². The molecule has 37 heavy (non-hydrogen) atoms. The average Bonchev–Trinajstić information content (AvgIpc) is 3.62. The fourth-order valence-electron chi connectivity index (χ4n) is 4.90. The predicted octanol–water partition coefficient (Wildman–Crippen LogP) is 3.83. The number of carboxylic acids is 1.